The lowest BCUT2D eigenvalue weighted by Gasteiger charge is -2.43. The van der Waals surface area contributed by atoms with Crippen LogP contribution < -0.4 is 14.7 Å². The number of carbonyl (C=O) groups excluding carboxylic acids is 1. The Morgan fingerprint density at radius 3 is 2.38 bits per heavy atom. The summed E-state index contributed by atoms with van der Waals surface area (Å²) < 4.78 is 43.7. The van der Waals surface area contributed by atoms with Crippen LogP contribution in [0.3, 0.4) is 0 Å². The second-order valence-electron chi connectivity index (χ2n) is 10.9. The molecule has 5 rings (SSSR count). The van der Waals surface area contributed by atoms with Crippen LogP contribution in [0.1, 0.15) is 35.0 Å². The number of halogens is 3. The first-order valence-electron chi connectivity index (χ1n) is 13.4. The zero-order chi connectivity index (χ0) is 28.8. The van der Waals surface area contributed by atoms with Crippen molar-refractivity contribution in [3.8, 4) is 0 Å². The van der Waals surface area contributed by atoms with Gasteiger partial charge in [0.1, 0.15) is 6.54 Å². The first-order chi connectivity index (χ1) is 18.9. The van der Waals surface area contributed by atoms with E-state index in [4.69, 9.17) is 0 Å². The molecular formula is C28H35F3N8O. The summed E-state index contributed by atoms with van der Waals surface area (Å²) in [6.45, 7) is 8.29. The number of hydrogen-bond donors (Lipinski definition) is 0. The Balaban J connectivity index is 1.39. The highest BCUT2D eigenvalue weighted by molar-refractivity contribution is 5.77. The molecule has 1 saturated heterocycles. The molecule has 9 nitrogen and oxygen atoms in total. The van der Waals surface area contributed by atoms with Crippen molar-refractivity contribution in [2.45, 2.75) is 52.5 Å². The van der Waals surface area contributed by atoms with Gasteiger partial charge < -0.3 is 19.6 Å². The van der Waals surface area contributed by atoms with Gasteiger partial charge in [-0.2, -0.15) is 18.3 Å². The van der Waals surface area contributed by atoms with Gasteiger partial charge in [0.15, 0.2) is 0 Å². The van der Waals surface area contributed by atoms with Crippen molar-refractivity contribution in [2.24, 2.45) is 0 Å². The number of fused-ring (bicyclic) bond motifs is 1. The van der Waals surface area contributed by atoms with Crippen LogP contribution in [0.5, 0.6) is 0 Å². The largest absolute Gasteiger partial charge is 0.416 e. The number of rotatable bonds is 5. The Kier molecular flexibility index (Phi) is 7.36. The Hall–Kier alpha value is -3.83. The van der Waals surface area contributed by atoms with Crippen LogP contribution in [0.4, 0.5) is 30.5 Å². The lowest BCUT2D eigenvalue weighted by atomic mass is 9.91. The van der Waals surface area contributed by atoms with Gasteiger partial charge in [-0.25, -0.2) is 9.97 Å². The topological polar surface area (TPSA) is 73.6 Å². The van der Waals surface area contributed by atoms with Crippen LogP contribution in [0.15, 0.2) is 30.6 Å². The van der Waals surface area contributed by atoms with Crippen molar-refractivity contribution in [1.29, 1.82) is 0 Å². The fraction of sp³-hybridized carbons (Fsp3) is 0.500. The van der Waals surface area contributed by atoms with Crippen molar-refractivity contribution in [3.63, 3.8) is 0 Å². The van der Waals surface area contributed by atoms with Crippen LogP contribution in [0.2, 0.25) is 0 Å². The van der Waals surface area contributed by atoms with Gasteiger partial charge in [0.2, 0.25) is 11.9 Å². The molecule has 0 bridgehead atoms. The summed E-state index contributed by atoms with van der Waals surface area (Å²) in [5, 5.41) is 4.41. The number of anilines is 3. The minimum Gasteiger partial charge on any atom is -0.367 e. The third-order valence-corrected chi connectivity index (χ3v) is 7.76. The van der Waals surface area contributed by atoms with E-state index in [0.717, 1.165) is 22.8 Å². The fourth-order valence-corrected chi connectivity index (χ4v) is 5.75. The molecule has 1 atom stereocenters. The minimum atomic E-state index is -4.43. The molecule has 2 aromatic heterocycles. The second-order valence-corrected chi connectivity index (χ2v) is 10.9. The Morgan fingerprint density at radius 1 is 1.05 bits per heavy atom. The predicted molar refractivity (Wildman–Crippen MR) is 148 cm³/mol. The van der Waals surface area contributed by atoms with Crippen LogP contribution in [-0.2, 0) is 30.5 Å². The van der Waals surface area contributed by atoms with Gasteiger partial charge in [-0.15, -0.1) is 0 Å². The van der Waals surface area contributed by atoms with E-state index in [0.29, 0.717) is 49.8 Å². The van der Waals surface area contributed by atoms with Gasteiger partial charge in [-0.1, -0.05) is 0 Å². The van der Waals surface area contributed by atoms with Crippen LogP contribution in [0, 0.1) is 13.8 Å². The lowest BCUT2D eigenvalue weighted by molar-refractivity contribution is -0.138. The van der Waals surface area contributed by atoms with E-state index in [2.05, 4.69) is 20.0 Å². The van der Waals surface area contributed by atoms with Gasteiger partial charge in [-0.05, 0) is 56.5 Å². The maximum absolute atomic E-state index is 14.0. The number of hydrogen-bond acceptors (Lipinski definition) is 7. The monoisotopic (exact) mass is 556 g/mol. The molecule has 0 radical (unpaired) electrons. The van der Waals surface area contributed by atoms with Crippen molar-refractivity contribution < 1.29 is 18.0 Å². The molecule has 0 N–H and O–H groups in total. The summed E-state index contributed by atoms with van der Waals surface area (Å²) in [7, 11) is 3.70. The highest BCUT2D eigenvalue weighted by atomic mass is 19.4. The summed E-state index contributed by atoms with van der Waals surface area (Å²) in [5.41, 5.74) is 3.81. The van der Waals surface area contributed by atoms with Crippen molar-refractivity contribution >= 4 is 23.2 Å². The molecule has 2 aliphatic heterocycles. The van der Waals surface area contributed by atoms with Gasteiger partial charge in [-0.3, -0.25) is 9.48 Å². The fourth-order valence-electron chi connectivity index (χ4n) is 5.75. The smallest absolute Gasteiger partial charge is 0.367 e. The van der Waals surface area contributed by atoms with Crippen molar-refractivity contribution in [1.82, 2.24) is 24.6 Å². The molecule has 40 heavy (non-hydrogen) atoms. The molecule has 1 amide bonds. The molecular weight excluding hydrogens is 521 g/mol. The minimum absolute atomic E-state index is 0.0138. The third kappa shape index (κ3) is 5.44. The highest BCUT2D eigenvalue weighted by Crippen LogP contribution is 2.40. The van der Waals surface area contributed by atoms with Crippen LogP contribution in [-0.4, -0.2) is 76.9 Å². The number of piperazine rings is 1. The maximum Gasteiger partial charge on any atom is 0.416 e. The average Bonchev–Trinajstić information content (AvgIpc) is 3.22. The zero-order valence-electron chi connectivity index (χ0n) is 23.5. The number of nitrogens with zero attached hydrogens (tertiary/aromatic N) is 8. The lowest BCUT2D eigenvalue weighted by Crippen LogP contribution is -2.55. The number of benzene rings is 1. The number of carbonyl (C=O) groups is 1. The quantitative estimate of drug-likeness (QED) is 0.475. The standard InChI is InChI=1S/C28H35F3N8O/c1-18-12-19(2)39(34-18)17-26(40)38-11-10-37(15-20(38)3)25-7-6-24(28(29,30)31)22-8-9-36(16-23(22)25)21-13-32-27(33-14-21)35(4)5/h6-7,12-14,20H,8-11,15-17H2,1-5H3/t20-/m1/s1. The van der Waals surface area contributed by atoms with E-state index in [-0.39, 0.29) is 24.9 Å². The molecule has 3 aromatic rings. The maximum atomic E-state index is 14.0. The number of alkyl halides is 3. The molecule has 214 valence electrons. The number of amides is 1. The van der Waals surface area contributed by atoms with E-state index >= 15 is 0 Å². The molecule has 1 fully saturated rings. The summed E-state index contributed by atoms with van der Waals surface area (Å²) in [6.07, 6.45) is -0.724. The van der Waals surface area contributed by atoms with Crippen LogP contribution in [0.25, 0.3) is 0 Å². The van der Waals surface area contributed by atoms with Gasteiger partial charge in [0.25, 0.3) is 0 Å². The number of aryl methyl sites for hydroxylation is 2. The molecule has 2 aliphatic rings. The summed E-state index contributed by atoms with van der Waals surface area (Å²) in [6, 6.07) is 4.64. The number of aromatic nitrogens is 4. The van der Waals surface area contributed by atoms with E-state index in [1.807, 2.05) is 50.7 Å². The normalized spacial score (nSPS) is 17.7. The van der Waals surface area contributed by atoms with Crippen molar-refractivity contribution in [2.75, 3.05) is 55.0 Å². The summed E-state index contributed by atoms with van der Waals surface area (Å²) in [4.78, 5) is 29.7. The average molecular weight is 557 g/mol. The Bertz CT molecular complexity index is 1390. The summed E-state index contributed by atoms with van der Waals surface area (Å²) in [5.74, 6) is 0.556. The predicted octanol–water partition coefficient (Wildman–Crippen LogP) is 3.67. The third-order valence-electron chi connectivity index (χ3n) is 7.76. The Morgan fingerprint density at radius 2 is 1.77 bits per heavy atom. The molecule has 1 aromatic carbocycles. The first kappa shape index (κ1) is 27.7. The first-order valence-corrected chi connectivity index (χ1v) is 13.4. The van der Waals surface area contributed by atoms with E-state index < -0.39 is 11.7 Å². The van der Waals surface area contributed by atoms with E-state index in [1.54, 1.807) is 28.0 Å². The molecule has 0 aliphatic carbocycles. The van der Waals surface area contributed by atoms with Gasteiger partial charge in [0, 0.05) is 64.2 Å². The van der Waals surface area contributed by atoms with Crippen LogP contribution >= 0.6 is 0 Å². The molecule has 0 saturated carbocycles. The molecule has 4 heterocycles. The zero-order valence-corrected chi connectivity index (χ0v) is 23.5. The molecule has 12 heteroatoms. The van der Waals surface area contributed by atoms with Gasteiger partial charge in [0.05, 0.1) is 29.3 Å². The second kappa shape index (κ2) is 10.6. The van der Waals surface area contributed by atoms with Gasteiger partial charge >= 0.3 is 6.18 Å². The molecule has 0 unspecified atom stereocenters. The SMILES string of the molecule is Cc1cc(C)n(CC(=O)N2CCN(c3ccc(C(F)(F)F)c4c3CN(c3cnc(N(C)C)nc3)CC4)C[C@H]2C)n1. The Labute approximate surface area is 232 Å². The summed E-state index contributed by atoms with van der Waals surface area (Å²) >= 11 is 0. The van der Waals surface area contributed by atoms with E-state index in [9.17, 15) is 18.0 Å². The van der Waals surface area contributed by atoms with E-state index in [1.165, 1.54) is 6.07 Å². The molecule has 0 spiro atoms. The highest BCUT2D eigenvalue weighted by Gasteiger charge is 2.38. The van der Waals surface area contributed by atoms with Crippen molar-refractivity contribution in [3.05, 3.63) is 58.7 Å².